The van der Waals surface area contributed by atoms with E-state index in [9.17, 15) is 4.79 Å². The molecule has 29 heavy (non-hydrogen) atoms. The smallest absolute Gasteiger partial charge is 0.240 e. The van der Waals surface area contributed by atoms with Crippen molar-refractivity contribution in [2.45, 2.75) is 0 Å². The summed E-state index contributed by atoms with van der Waals surface area (Å²) in [5.41, 5.74) is 1.78. The Morgan fingerprint density at radius 1 is 1.07 bits per heavy atom. The molecule has 0 spiro atoms. The molecule has 2 aliphatic rings. The second kappa shape index (κ2) is 8.67. The van der Waals surface area contributed by atoms with Gasteiger partial charge in [0.2, 0.25) is 12.7 Å². The van der Waals surface area contributed by atoms with Gasteiger partial charge in [-0.2, -0.15) is 0 Å². The number of piperazine rings is 1. The van der Waals surface area contributed by atoms with Crippen LogP contribution < -0.4 is 19.7 Å². The molecule has 8 heteroatoms. The highest BCUT2D eigenvalue weighted by atomic mass is 32.1. The van der Waals surface area contributed by atoms with Gasteiger partial charge in [0, 0.05) is 50.7 Å². The van der Waals surface area contributed by atoms with Gasteiger partial charge >= 0.3 is 0 Å². The Labute approximate surface area is 175 Å². The predicted molar refractivity (Wildman–Crippen MR) is 117 cm³/mol. The lowest BCUT2D eigenvalue weighted by Crippen LogP contribution is -2.52. The van der Waals surface area contributed by atoms with Gasteiger partial charge in [-0.25, -0.2) is 0 Å². The molecule has 2 aromatic carbocycles. The molecule has 2 heterocycles. The van der Waals surface area contributed by atoms with Crippen LogP contribution in [0.25, 0.3) is 0 Å². The van der Waals surface area contributed by atoms with E-state index in [0.717, 1.165) is 49.1 Å². The van der Waals surface area contributed by atoms with Crippen LogP contribution in [0, 0.1) is 0 Å². The van der Waals surface area contributed by atoms with E-state index in [2.05, 4.69) is 15.1 Å². The van der Waals surface area contributed by atoms with Crippen LogP contribution in [0.3, 0.4) is 0 Å². The fourth-order valence-electron chi connectivity index (χ4n) is 3.38. The molecule has 0 aliphatic carbocycles. The lowest BCUT2D eigenvalue weighted by atomic mass is 10.2. The first kappa shape index (κ1) is 19.5. The highest BCUT2D eigenvalue weighted by Gasteiger charge is 2.23. The molecule has 0 bridgehead atoms. The number of carbonyl (C=O) groups excluding carboxylic acids is 1. The summed E-state index contributed by atoms with van der Waals surface area (Å²) >= 11 is 5.56. The number of fused-ring (bicyclic) bond motifs is 1. The minimum atomic E-state index is 0.0886. The maximum Gasteiger partial charge on any atom is 0.240 e. The molecule has 2 aliphatic heterocycles. The highest BCUT2D eigenvalue weighted by molar-refractivity contribution is 7.80. The maximum atomic E-state index is 12.6. The number of ether oxygens (including phenoxy) is 2. The lowest BCUT2D eigenvalue weighted by molar-refractivity contribution is -0.119. The summed E-state index contributed by atoms with van der Waals surface area (Å²) in [6.07, 6.45) is 0. The first-order valence-electron chi connectivity index (χ1n) is 9.60. The predicted octanol–water partition coefficient (Wildman–Crippen LogP) is 2.39. The van der Waals surface area contributed by atoms with Crippen LogP contribution in [0.5, 0.6) is 11.5 Å². The van der Waals surface area contributed by atoms with Crippen LogP contribution in [0.4, 0.5) is 11.4 Å². The molecule has 2 aromatic rings. The molecular weight excluding hydrogens is 388 g/mol. The van der Waals surface area contributed by atoms with Crippen molar-refractivity contribution in [2.24, 2.45) is 0 Å². The Morgan fingerprint density at radius 2 is 1.79 bits per heavy atom. The number of anilines is 2. The summed E-state index contributed by atoms with van der Waals surface area (Å²) < 4.78 is 10.7. The first-order chi connectivity index (χ1) is 14.1. The van der Waals surface area contributed by atoms with E-state index in [0.29, 0.717) is 11.7 Å². The van der Waals surface area contributed by atoms with Gasteiger partial charge in [0.25, 0.3) is 0 Å². The van der Waals surface area contributed by atoms with E-state index < -0.39 is 0 Å². The zero-order valence-electron chi connectivity index (χ0n) is 16.3. The average molecular weight is 413 g/mol. The van der Waals surface area contributed by atoms with Crippen LogP contribution in [0.15, 0.2) is 48.5 Å². The minimum Gasteiger partial charge on any atom is -0.454 e. The molecule has 4 rings (SSSR count). The molecule has 7 nitrogen and oxygen atoms in total. The zero-order chi connectivity index (χ0) is 20.2. The molecule has 1 amide bonds. The largest absolute Gasteiger partial charge is 0.454 e. The number of para-hydroxylation sites is 1. The van der Waals surface area contributed by atoms with Crippen molar-refractivity contribution in [2.75, 3.05) is 56.8 Å². The summed E-state index contributed by atoms with van der Waals surface area (Å²) in [6, 6.07) is 15.4. The number of nitrogens with zero attached hydrogens (tertiary/aromatic N) is 3. The van der Waals surface area contributed by atoms with Gasteiger partial charge in [0.1, 0.15) is 0 Å². The summed E-state index contributed by atoms with van der Waals surface area (Å²) in [7, 11) is 1.82. The zero-order valence-corrected chi connectivity index (χ0v) is 17.2. The summed E-state index contributed by atoms with van der Waals surface area (Å²) in [4.78, 5) is 18.6. The molecule has 1 N–H and O–H groups in total. The van der Waals surface area contributed by atoms with Crippen molar-refractivity contribution < 1.29 is 14.3 Å². The Balaban J connectivity index is 1.25. The van der Waals surface area contributed by atoms with Gasteiger partial charge in [-0.15, -0.1) is 0 Å². The monoisotopic (exact) mass is 412 g/mol. The van der Waals surface area contributed by atoms with Crippen LogP contribution in [-0.4, -0.2) is 67.4 Å². The third-order valence-electron chi connectivity index (χ3n) is 5.16. The van der Waals surface area contributed by atoms with Crippen molar-refractivity contribution in [3.63, 3.8) is 0 Å². The maximum absolute atomic E-state index is 12.6. The van der Waals surface area contributed by atoms with E-state index in [1.165, 1.54) is 0 Å². The fourth-order valence-corrected chi connectivity index (χ4v) is 3.68. The minimum absolute atomic E-state index is 0.0886. The summed E-state index contributed by atoms with van der Waals surface area (Å²) in [5, 5.41) is 3.94. The van der Waals surface area contributed by atoms with Gasteiger partial charge in [-0.3, -0.25) is 9.69 Å². The number of carbonyl (C=O) groups is 1. The van der Waals surface area contributed by atoms with Crippen molar-refractivity contribution >= 4 is 34.6 Å². The molecule has 1 fully saturated rings. The number of amides is 1. The molecule has 0 unspecified atom stereocenters. The molecule has 152 valence electrons. The number of hydrogen-bond acceptors (Lipinski definition) is 5. The van der Waals surface area contributed by atoms with Gasteiger partial charge in [0.05, 0.1) is 6.54 Å². The van der Waals surface area contributed by atoms with Crippen LogP contribution >= 0.6 is 12.2 Å². The SMILES string of the molecule is CN(C(=O)CN1CCN(C(=S)Nc2ccc3c(c2)OCO3)CC1)c1ccccc1. The topological polar surface area (TPSA) is 57.3 Å². The molecule has 0 saturated carbocycles. The second-order valence-electron chi connectivity index (χ2n) is 7.05. The van der Waals surface area contributed by atoms with Crippen molar-refractivity contribution in [1.29, 1.82) is 0 Å². The average Bonchev–Trinajstić information content (AvgIpc) is 3.22. The Hall–Kier alpha value is -2.84. The lowest BCUT2D eigenvalue weighted by Gasteiger charge is -2.36. The van der Waals surface area contributed by atoms with Crippen LogP contribution in [0.2, 0.25) is 0 Å². The number of likely N-dealkylation sites (N-methyl/N-ethyl adjacent to an activating group) is 1. The third-order valence-corrected chi connectivity index (χ3v) is 5.52. The Bertz CT molecular complexity index is 885. The number of rotatable bonds is 4. The fraction of sp³-hybridized carbons (Fsp3) is 0.333. The van der Waals surface area contributed by atoms with Crippen molar-refractivity contribution in [1.82, 2.24) is 9.80 Å². The molecule has 1 saturated heterocycles. The van der Waals surface area contributed by atoms with E-state index in [1.54, 1.807) is 4.90 Å². The van der Waals surface area contributed by atoms with Gasteiger partial charge in [0.15, 0.2) is 16.6 Å². The highest BCUT2D eigenvalue weighted by Crippen LogP contribution is 2.34. The number of benzene rings is 2. The number of thiocarbonyl (C=S) groups is 1. The third kappa shape index (κ3) is 4.60. The summed E-state index contributed by atoms with van der Waals surface area (Å²) in [6.45, 7) is 3.79. The van der Waals surface area contributed by atoms with Crippen LogP contribution in [0.1, 0.15) is 0 Å². The standard InChI is InChI=1S/C21H24N4O3S/c1-23(17-5-3-2-4-6-17)20(26)14-24-9-11-25(12-10-24)21(29)22-16-7-8-18-19(13-16)28-15-27-18/h2-8,13H,9-12,14-15H2,1H3,(H,22,29). The molecule has 0 radical (unpaired) electrons. The molecule has 0 atom stereocenters. The van der Waals surface area contributed by atoms with E-state index in [4.69, 9.17) is 21.7 Å². The first-order valence-corrected chi connectivity index (χ1v) is 10.0. The van der Waals surface area contributed by atoms with E-state index >= 15 is 0 Å². The van der Waals surface area contributed by atoms with Gasteiger partial charge in [-0.05, 0) is 36.5 Å². The van der Waals surface area contributed by atoms with Gasteiger partial charge in [-0.1, -0.05) is 18.2 Å². The second-order valence-corrected chi connectivity index (χ2v) is 7.44. The normalized spacial score (nSPS) is 15.8. The van der Waals surface area contributed by atoms with Gasteiger partial charge < -0.3 is 24.6 Å². The van der Waals surface area contributed by atoms with E-state index in [-0.39, 0.29) is 12.7 Å². The Morgan fingerprint density at radius 3 is 2.55 bits per heavy atom. The molecular formula is C21H24N4O3S. The van der Waals surface area contributed by atoms with Crippen molar-refractivity contribution in [3.05, 3.63) is 48.5 Å². The Kier molecular flexibility index (Phi) is 5.82. The quantitative estimate of drug-likeness (QED) is 0.774. The van der Waals surface area contributed by atoms with E-state index in [1.807, 2.05) is 55.6 Å². The van der Waals surface area contributed by atoms with Crippen molar-refractivity contribution in [3.8, 4) is 11.5 Å². The summed E-state index contributed by atoms with van der Waals surface area (Å²) in [5.74, 6) is 1.56. The number of hydrogen-bond donors (Lipinski definition) is 1. The van der Waals surface area contributed by atoms with Crippen LogP contribution in [-0.2, 0) is 4.79 Å². The number of nitrogens with one attached hydrogen (secondary N) is 1. The molecule has 0 aromatic heterocycles.